The van der Waals surface area contributed by atoms with Crippen LogP contribution in [0.3, 0.4) is 0 Å². The first kappa shape index (κ1) is 25.6. The summed E-state index contributed by atoms with van der Waals surface area (Å²) < 4.78 is 25.7. The molecule has 0 aliphatic heterocycles. The number of phenols is 1. The fourth-order valence-corrected chi connectivity index (χ4v) is 5.64. The van der Waals surface area contributed by atoms with E-state index in [1.54, 1.807) is 24.3 Å². The van der Waals surface area contributed by atoms with Crippen LogP contribution in [0.4, 0.5) is 5.69 Å². The largest absolute Gasteiger partial charge is 0.508 e. The van der Waals surface area contributed by atoms with Crippen LogP contribution in [0, 0.1) is 0 Å². The van der Waals surface area contributed by atoms with E-state index in [1.807, 2.05) is 0 Å². The second-order valence-electron chi connectivity index (χ2n) is 7.36. The van der Waals surface area contributed by atoms with E-state index in [9.17, 15) is 33.3 Å². The molecule has 0 saturated heterocycles. The minimum Gasteiger partial charge on any atom is -0.508 e. The van der Waals surface area contributed by atoms with Gasteiger partial charge in [0.1, 0.15) is 5.75 Å². The Morgan fingerprint density at radius 2 is 1.53 bits per heavy atom. The predicted octanol–water partition coefficient (Wildman–Crippen LogP) is 3.68. The topological polar surface area (TPSA) is 141 Å². The van der Waals surface area contributed by atoms with Crippen molar-refractivity contribution in [3.8, 4) is 5.75 Å². The van der Waals surface area contributed by atoms with Crippen LogP contribution in [-0.4, -0.2) is 52.7 Å². The summed E-state index contributed by atoms with van der Waals surface area (Å²) in [5.41, 5.74) is -1.86. The molecule has 0 aromatic heterocycles. The molecule has 3 aromatic carbocycles. The average Bonchev–Trinajstić information content (AvgIpc) is 2.79. The maximum Gasteiger partial charge on any atom is 0.337 e. The van der Waals surface area contributed by atoms with Gasteiger partial charge in [-0.15, -0.1) is 11.8 Å². The minimum atomic E-state index is -4.19. The van der Waals surface area contributed by atoms with Gasteiger partial charge < -0.3 is 20.6 Å². The molecule has 4 N–H and O–H groups in total. The molecule has 1 atom stereocenters. The molecule has 0 aliphatic carbocycles. The van der Waals surface area contributed by atoms with E-state index in [4.69, 9.17) is 11.6 Å². The molecule has 0 bridgehead atoms. The van der Waals surface area contributed by atoms with E-state index in [0.29, 0.717) is 21.2 Å². The molecule has 3 rings (SSSR count). The standard InChI is InChI=1S/C23H20ClNO7S2/c24-16-3-1-15(2-4-16)21(27)25-17-5-11-20(12-6-17)34(31,32)14-23(30,22(28)29)13-33-19-9-7-18(26)8-10-19/h1-12,26,30H,13-14H2,(H,25,27)(H,28,29). The van der Waals surface area contributed by atoms with Crippen molar-refractivity contribution in [1.29, 1.82) is 0 Å². The summed E-state index contributed by atoms with van der Waals surface area (Å²) in [5, 5.41) is 32.5. The molecular formula is C23H20ClNO7S2. The quantitative estimate of drug-likeness (QED) is 0.312. The van der Waals surface area contributed by atoms with Crippen molar-refractivity contribution in [2.45, 2.75) is 15.4 Å². The number of carbonyl (C=O) groups is 2. The van der Waals surface area contributed by atoms with Crippen molar-refractivity contribution in [1.82, 2.24) is 0 Å². The summed E-state index contributed by atoms with van der Waals surface area (Å²) >= 11 is 6.75. The maximum absolute atomic E-state index is 12.8. The van der Waals surface area contributed by atoms with Gasteiger partial charge in [0.2, 0.25) is 0 Å². The van der Waals surface area contributed by atoms with Gasteiger partial charge in [0.15, 0.2) is 15.4 Å². The lowest BCUT2D eigenvalue weighted by atomic mass is 10.1. The molecule has 11 heteroatoms. The zero-order chi connectivity index (χ0) is 24.9. The van der Waals surface area contributed by atoms with Crippen molar-refractivity contribution >= 4 is 50.8 Å². The number of hydrogen-bond donors (Lipinski definition) is 4. The van der Waals surface area contributed by atoms with Crippen LogP contribution >= 0.6 is 23.4 Å². The van der Waals surface area contributed by atoms with Gasteiger partial charge in [0.25, 0.3) is 5.91 Å². The van der Waals surface area contributed by atoms with Crippen molar-refractivity contribution in [2.75, 3.05) is 16.8 Å². The fourth-order valence-electron chi connectivity index (χ4n) is 2.86. The molecule has 3 aromatic rings. The highest BCUT2D eigenvalue weighted by Crippen LogP contribution is 2.27. The third kappa shape index (κ3) is 6.51. The number of carboxylic acid groups (broad SMARTS) is 1. The number of rotatable bonds is 9. The van der Waals surface area contributed by atoms with Crippen LogP contribution in [-0.2, 0) is 14.6 Å². The number of benzene rings is 3. The van der Waals surface area contributed by atoms with Crippen LogP contribution in [0.2, 0.25) is 5.02 Å². The van der Waals surface area contributed by atoms with Crippen LogP contribution in [0.5, 0.6) is 5.75 Å². The molecule has 0 aliphatic rings. The molecule has 0 heterocycles. The number of aliphatic carboxylic acids is 1. The number of carboxylic acids is 1. The fraction of sp³-hybridized carbons (Fsp3) is 0.130. The molecule has 34 heavy (non-hydrogen) atoms. The molecule has 0 spiro atoms. The third-order valence-electron chi connectivity index (χ3n) is 4.72. The number of carbonyl (C=O) groups excluding carboxylic acids is 1. The number of thioether (sulfide) groups is 1. The average molecular weight is 522 g/mol. The SMILES string of the molecule is O=C(Nc1ccc(S(=O)(=O)CC(O)(CSc2ccc(O)cc2)C(=O)O)cc1)c1ccc(Cl)cc1. The van der Waals surface area contributed by atoms with Crippen LogP contribution in [0.25, 0.3) is 0 Å². The molecule has 0 radical (unpaired) electrons. The number of aromatic hydroxyl groups is 1. The van der Waals surface area contributed by atoms with Gasteiger partial charge in [-0.05, 0) is 72.8 Å². The molecule has 0 fully saturated rings. The summed E-state index contributed by atoms with van der Waals surface area (Å²) in [6.45, 7) is 0. The van der Waals surface area contributed by atoms with Crippen LogP contribution < -0.4 is 5.32 Å². The lowest BCUT2D eigenvalue weighted by Gasteiger charge is -2.23. The lowest BCUT2D eigenvalue weighted by molar-refractivity contribution is -0.153. The first-order valence-electron chi connectivity index (χ1n) is 9.76. The van der Waals surface area contributed by atoms with E-state index >= 15 is 0 Å². The van der Waals surface area contributed by atoms with Gasteiger partial charge in [0.05, 0.1) is 10.6 Å². The Labute approximate surface area is 205 Å². The first-order valence-corrected chi connectivity index (χ1v) is 12.8. The van der Waals surface area contributed by atoms with Crippen molar-refractivity contribution in [2.24, 2.45) is 0 Å². The van der Waals surface area contributed by atoms with Crippen molar-refractivity contribution in [3.63, 3.8) is 0 Å². The normalized spacial score (nSPS) is 13.1. The summed E-state index contributed by atoms with van der Waals surface area (Å²) in [5.74, 6) is -3.54. The monoisotopic (exact) mass is 521 g/mol. The number of hydrogen-bond acceptors (Lipinski definition) is 7. The molecule has 0 saturated carbocycles. The van der Waals surface area contributed by atoms with Crippen molar-refractivity contribution in [3.05, 3.63) is 83.4 Å². The summed E-state index contributed by atoms with van der Waals surface area (Å²) in [4.78, 5) is 24.4. The highest BCUT2D eigenvalue weighted by Gasteiger charge is 2.41. The summed E-state index contributed by atoms with van der Waals surface area (Å²) in [6.07, 6.45) is 0. The van der Waals surface area contributed by atoms with E-state index < -0.39 is 38.8 Å². The zero-order valence-corrected chi connectivity index (χ0v) is 19.9. The molecule has 178 valence electrons. The Hall–Kier alpha value is -3.05. The maximum atomic E-state index is 12.8. The van der Waals surface area contributed by atoms with Gasteiger partial charge >= 0.3 is 5.97 Å². The Morgan fingerprint density at radius 1 is 0.941 bits per heavy atom. The van der Waals surface area contributed by atoms with E-state index in [2.05, 4.69) is 5.32 Å². The number of amides is 1. The predicted molar refractivity (Wildman–Crippen MR) is 129 cm³/mol. The Bertz CT molecular complexity index is 1280. The second-order valence-corrected chi connectivity index (χ2v) is 10.8. The zero-order valence-electron chi connectivity index (χ0n) is 17.5. The van der Waals surface area contributed by atoms with Gasteiger partial charge in [0, 0.05) is 26.9 Å². The molecule has 8 nitrogen and oxygen atoms in total. The minimum absolute atomic E-state index is 0.0215. The number of halogens is 1. The van der Waals surface area contributed by atoms with E-state index in [1.165, 1.54) is 48.5 Å². The Kier molecular flexibility index (Phi) is 7.88. The van der Waals surface area contributed by atoms with Gasteiger partial charge in [-0.25, -0.2) is 13.2 Å². The molecule has 1 amide bonds. The van der Waals surface area contributed by atoms with Crippen LogP contribution in [0.15, 0.2) is 82.6 Å². The van der Waals surface area contributed by atoms with Crippen LogP contribution in [0.1, 0.15) is 10.4 Å². The molecule has 1 unspecified atom stereocenters. The highest BCUT2D eigenvalue weighted by atomic mass is 35.5. The third-order valence-corrected chi connectivity index (χ3v) is 8.05. The highest BCUT2D eigenvalue weighted by molar-refractivity contribution is 7.99. The van der Waals surface area contributed by atoms with Crippen molar-refractivity contribution < 1.29 is 33.3 Å². The Balaban J connectivity index is 1.70. The Morgan fingerprint density at radius 3 is 2.09 bits per heavy atom. The van der Waals surface area contributed by atoms with Gasteiger partial charge in [-0.3, -0.25) is 4.79 Å². The molecular weight excluding hydrogens is 502 g/mol. The number of aliphatic hydroxyl groups is 1. The van der Waals surface area contributed by atoms with E-state index in [-0.39, 0.29) is 10.6 Å². The second kappa shape index (κ2) is 10.5. The summed E-state index contributed by atoms with van der Waals surface area (Å²) in [7, 11) is -4.19. The smallest absolute Gasteiger partial charge is 0.337 e. The summed E-state index contributed by atoms with van der Waals surface area (Å²) in [6, 6.07) is 17.2. The number of sulfone groups is 1. The van der Waals surface area contributed by atoms with E-state index in [0.717, 1.165) is 11.8 Å². The lowest BCUT2D eigenvalue weighted by Crippen LogP contribution is -2.47. The van der Waals surface area contributed by atoms with Gasteiger partial charge in [-0.1, -0.05) is 11.6 Å². The number of nitrogens with one attached hydrogen (secondary N) is 1. The number of phenolic OH excluding ortho intramolecular Hbond substituents is 1. The number of anilines is 1. The van der Waals surface area contributed by atoms with Gasteiger partial charge in [-0.2, -0.15) is 0 Å². The first-order chi connectivity index (χ1) is 16.0.